The molecule has 0 amide bonds. The van der Waals surface area contributed by atoms with E-state index in [1.165, 1.54) is 54.6 Å². The van der Waals surface area contributed by atoms with E-state index in [-0.39, 0.29) is 12.3 Å². The highest BCUT2D eigenvalue weighted by molar-refractivity contribution is 5.94. The van der Waals surface area contributed by atoms with Gasteiger partial charge in [0.2, 0.25) is 0 Å². The molecule has 124 valence electrons. The first kappa shape index (κ1) is 17.1. The molecule has 0 heterocycles. The van der Waals surface area contributed by atoms with E-state index in [9.17, 15) is 19.3 Å². The summed E-state index contributed by atoms with van der Waals surface area (Å²) < 4.78 is 18.0. The molecule has 0 fully saturated rings. The van der Waals surface area contributed by atoms with Crippen LogP contribution in [0.4, 0.5) is 15.8 Å². The van der Waals surface area contributed by atoms with Crippen molar-refractivity contribution in [2.24, 2.45) is 0 Å². The van der Waals surface area contributed by atoms with Gasteiger partial charge < -0.3 is 10.1 Å². The van der Waals surface area contributed by atoms with Crippen LogP contribution in [0.3, 0.4) is 0 Å². The molecule has 0 saturated carbocycles. The van der Waals surface area contributed by atoms with E-state index in [2.05, 4.69) is 5.32 Å². The van der Waals surface area contributed by atoms with Gasteiger partial charge in [0, 0.05) is 23.9 Å². The minimum absolute atomic E-state index is 0.0433. The summed E-state index contributed by atoms with van der Waals surface area (Å²) in [7, 11) is 0. The molecule has 6 nitrogen and oxygen atoms in total. The number of esters is 1. The maximum Gasteiger partial charge on any atom is 0.332 e. The quantitative estimate of drug-likeness (QED) is 0.377. The molecule has 0 aliphatic rings. The van der Waals surface area contributed by atoms with E-state index >= 15 is 0 Å². The minimum Gasteiger partial charge on any atom is -0.463 e. The molecule has 24 heavy (non-hydrogen) atoms. The van der Waals surface area contributed by atoms with Crippen LogP contribution in [0, 0.1) is 15.9 Å². The van der Waals surface area contributed by atoms with Crippen molar-refractivity contribution in [2.45, 2.75) is 6.92 Å². The summed E-state index contributed by atoms with van der Waals surface area (Å²) in [5.74, 6) is -0.948. The number of nitrogens with zero attached hydrogens (tertiary/aromatic N) is 1. The van der Waals surface area contributed by atoms with Gasteiger partial charge in [0.25, 0.3) is 5.69 Å². The number of hydrogen-bond acceptors (Lipinski definition) is 5. The lowest BCUT2D eigenvalue weighted by Crippen LogP contribution is -2.06. The molecule has 0 saturated heterocycles. The molecule has 0 aliphatic carbocycles. The Hall–Kier alpha value is -3.22. The standard InChI is InChI=1S/C17H15FN2O4/c1-2-24-17(21)11-16(12-3-5-13(18)6-4-12)19-14-7-9-15(10-8-14)20(22)23/h3-11,19H,2H2,1H3. The fraction of sp³-hybridized carbons (Fsp3) is 0.118. The van der Waals surface area contributed by atoms with Gasteiger partial charge in [0.15, 0.2) is 0 Å². The zero-order chi connectivity index (χ0) is 17.5. The molecule has 2 rings (SSSR count). The van der Waals surface area contributed by atoms with E-state index in [0.717, 1.165) is 0 Å². The van der Waals surface area contributed by atoms with Crippen LogP contribution in [0.25, 0.3) is 5.70 Å². The van der Waals surface area contributed by atoms with Crippen molar-refractivity contribution in [3.63, 3.8) is 0 Å². The van der Waals surface area contributed by atoms with E-state index in [1.54, 1.807) is 6.92 Å². The molecule has 7 heteroatoms. The van der Waals surface area contributed by atoms with Gasteiger partial charge in [0.1, 0.15) is 5.82 Å². The second-order valence-corrected chi connectivity index (χ2v) is 4.75. The first-order valence-electron chi connectivity index (χ1n) is 7.15. The number of non-ortho nitro benzene ring substituents is 1. The number of nitrogens with one attached hydrogen (secondary N) is 1. The molecule has 2 aromatic rings. The highest BCUT2D eigenvalue weighted by Gasteiger charge is 2.09. The van der Waals surface area contributed by atoms with Crippen molar-refractivity contribution < 1.29 is 18.8 Å². The third kappa shape index (κ3) is 4.64. The average Bonchev–Trinajstić information content (AvgIpc) is 2.55. The SMILES string of the molecule is CCOC(=O)C=C(Nc1ccc([N+](=O)[O-])cc1)c1ccc(F)cc1. The predicted molar refractivity (Wildman–Crippen MR) is 87.7 cm³/mol. The number of hydrogen-bond donors (Lipinski definition) is 1. The van der Waals surface area contributed by atoms with Crippen LogP contribution in [0.1, 0.15) is 12.5 Å². The number of carbonyl (C=O) groups is 1. The van der Waals surface area contributed by atoms with Gasteiger partial charge in [-0.05, 0) is 48.9 Å². The molecule has 0 unspecified atom stereocenters. The topological polar surface area (TPSA) is 81.5 Å². The largest absolute Gasteiger partial charge is 0.463 e. The van der Waals surface area contributed by atoms with Gasteiger partial charge in [-0.2, -0.15) is 0 Å². The fourth-order valence-electron chi connectivity index (χ4n) is 1.94. The summed E-state index contributed by atoms with van der Waals surface area (Å²) in [6.07, 6.45) is 1.25. The molecule has 0 aliphatic heterocycles. The summed E-state index contributed by atoms with van der Waals surface area (Å²) in [6, 6.07) is 11.3. The molecule has 1 N–H and O–H groups in total. The lowest BCUT2D eigenvalue weighted by atomic mass is 10.1. The fourth-order valence-corrected chi connectivity index (χ4v) is 1.94. The van der Waals surface area contributed by atoms with Crippen molar-refractivity contribution in [1.29, 1.82) is 0 Å². The summed E-state index contributed by atoms with van der Waals surface area (Å²) >= 11 is 0. The zero-order valence-electron chi connectivity index (χ0n) is 12.9. The molecule has 0 radical (unpaired) electrons. The Bertz CT molecular complexity index is 755. The van der Waals surface area contributed by atoms with Crippen LogP contribution in [-0.4, -0.2) is 17.5 Å². The van der Waals surface area contributed by atoms with Gasteiger partial charge in [-0.1, -0.05) is 0 Å². The molecule has 0 bridgehead atoms. The normalized spacial score (nSPS) is 11.0. The average molecular weight is 330 g/mol. The van der Waals surface area contributed by atoms with Gasteiger partial charge in [0.05, 0.1) is 17.2 Å². The first-order valence-corrected chi connectivity index (χ1v) is 7.15. The molecular formula is C17H15FN2O4. The number of halogens is 1. The Morgan fingerprint density at radius 3 is 2.38 bits per heavy atom. The van der Waals surface area contributed by atoms with Crippen LogP contribution >= 0.6 is 0 Å². The van der Waals surface area contributed by atoms with Crippen LogP contribution in [-0.2, 0) is 9.53 Å². The number of nitro benzene ring substituents is 1. The molecule has 2 aromatic carbocycles. The zero-order valence-corrected chi connectivity index (χ0v) is 12.9. The Morgan fingerprint density at radius 2 is 1.83 bits per heavy atom. The van der Waals surface area contributed by atoms with E-state index in [4.69, 9.17) is 4.74 Å². The second-order valence-electron chi connectivity index (χ2n) is 4.75. The van der Waals surface area contributed by atoms with Crippen molar-refractivity contribution in [2.75, 3.05) is 11.9 Å². The van der Waals surface area contributed by atoms with E-state index in [0.29, 0.717) is 16.9 Å². The summed E-state index contributed by atoms with van der Waals surface area (Å²) in [4.78, 5) is 21.9. The van der Waals surface area contributed by atoms with Crippen LogP contribution in [0.5, 0.6) is 0 Å². The van der Waals surface area contributed by atoms with Crippen LogP contribution < -0.4 is 5.32 Å². The van der Waals surface area contributed by atoms with Crippen molar-refractivity contribution >= 4 is 23.0 Å². The molecule has 0 spiro atoms. The van der Waals surface area contributed by atoms with Gasteiger partial charge in [-0.3, -0.25) is 10.1 Å². The van der Waals surface area contributed by atoms with E-state index in [1.807, 2.05) is 0 Å². The Kier molecular flexibility index (Phi) is 5.62. The number of nitro groups is 1. The van der Waals surface area contributed by atoms with Crippen LogP contribution in [0.2, 0.25) is 0 Å². The summed E-state index contributed by atoms with van der Waals surface area (Å²) in [6.45, 7) is 1.91. The summed E-state index contributed by atoms with van der Waals surface area (Å²) in [5.41, 5.74) is 1.46. The van der Waals surface area contributed by atoms with Gasteiger partial charge in [-0.15, -0.1) is 0 Å². The number of benzene rings is 2. The van der Waals surface area contributed by atoms with Crippen molar-refractivity contribution in [3.05, 3.63) is 76.1 Å². The summed E-state index contributed by atoms with van der Waals surface area (Å²) in [5, 5.41) is 13.7. The first-order chi connectivity index (χ1) is 11.5. The third-order valence-electron chi connectivity index (χ3n) is 3.06. The minimum atomic E-state index is -0.550. The lowest BCUT2D eigenvalue weighted by Gasteiger charge is -2.11. The number of anilines is 1. The highest BCUT2D eigenvalue weighted by Crippen LogP contribution is 2.21. The number of carbonyl (C=O) groups excluding carboxylic acids is 1. The number of ether oxygens (including phenoxy) is 1. The Morgan fingerprint density at radius 1 is 1.21 bits per heavy atom. The van der Waals surface area contributed by atoms with Gasteiger partial charge >= 0.3 is 5.97 Å². The Balaban J connectivity index is 2.30. The molecule has 0 aromatic heterocycles. The number of rotatable bonds is 6. The lowest BCUT2D eigenvalue weighted by molar-refractivity contribution is -0.384. The van der Waals surface area contributed by atoms with E-state index < -0.39 is 16.7 Å². The maximum absolute atomic E-state index is 13.1. The Labute approximate surface area is 137 Å². The smallest absolute Gasteiger partial charge is 0.332 e. The van der Waals surface area contributed by atoms with Gasteiger partial charge in [-0.25, -0.2) is 9.18 Å². The third-order valence-corrected chi connectivity index (χ3v) is 3.06. The monoisotopic (exact) mass is 330 g/mol. The molecular weight excluding hydrogens is 315 g/mol. The predicted octanol–water partition coefficient (Wildman–Crippen LogP) is 3.75. The molecule has 0 atom stereocenters. The van der Waals surface area contributed by atoms with Crippen molar-refractivity contribution in [3.8, 4) is 0 Å². The van der Waals surface area contributed by atoms with Crippen molar-refractivity contribution in [1.82, 2.24) is 0 Å². The second kappa shape index (κ2) is 7.87. The maximum atomic E-state index is 13.1. The van der Waals surface area contributed by atoms with Crippen LogP contribution in [0.15, 0.2) is 54.6 Å². The highest BCUT2D eigenvalue weighted by atomic mass is 19.1.